The van der Waals surface area contributed by atoms with Crippen molar-refractivity contribution >= 4 is 11.6 Å². The highest BCUT2D eigenvalue weighted by molar-refractivity contribution is 5.50. The van der Waals surface area contributed by atoms with Crippen molar-refractivity contribution < 1.29 is 13.2 Å². The molecule has 21 heavy (non-hydrogen) atoms. The third kappa shape index (κ3) is 3.24. The van der Waals surface area contributed by atoms with Crippen molar-refractivity contribution in [3.63, 3.8) is 0 Å². The molecule has 2 fully saturated rings. The quantitative estimate of drug-likeness (QED) is 0.829. The third-order valence-electron chi connectivity index (χ3n) is 4.47. The highest BCUT2D eigenvalue weighted by atomic mass is 19.4. The highest BCUT2D eigenvalue weighted by Gasteiger charge is 2.53. The molecule has 6 heteroatoms. The molecule has 2 N–H and O–H groups in total. The number of rotatable bonds is 6. The summed E-state index contributed by atoms with van der Waals surface area (Å²) in [6.45, 7) is 3.11. The van der Waals surface area contributed by atoms with Gasteiger partial charge in [-0.05, 0) is 56.1 Å². The van der Waals surface area contributed by atoms with Gasteiger partial charge in [-0.25, -0.2) is 4.98 Å². The van der Waals surface area contributed by atoms with Crippen LogP contribution < -0.4 is 10.6 Å². The van der Waals surface area contributed by atoms with Crippen molar-refractivity contribution in [2.75, 3.05) is 23.7 Å². The van der Waals surface area contributed by atoms with Crippen LogP contribution in [0.4, 0.5) is 24.8 Å². The molecule has 1 aromatic rings. The number of hydrogen-bond acceptors (Lipinski definition) is 3. The molecule has 1 heterocycles. The second kappa shape index (κ2) is 5.07. The molecule has 116 valence electrons. The van der Waals surface area contributed by atoms with Crippen molar-refractivity contribution in [1.82, 2.24) is 4.98 Å². The minimum absolute atomic E-state index is 0.270. The Kier molecular flexibility index (Phi) is 3.50. The van der Waals surface area contributed by atoms with Gasteiger partial charge >= 0.3 is 6.18 Å². The van der Waals surface area contributed by atoms with Crippen LogP contribution in [0.5, 0.6) is 0 Å². The lowest BCUT2D eigenvalue weighted by Crippen LogP contribution is -2.19. The molecule has 1 aromatic heterocycles. The number of nitrogens with one attached hydrogen (secondary N) is 2. The number of pyridine rings is 1. The third-order valence-corrected chi connectivity index (χ3v) is 4.47. The van der Waals surface area contributed by atoms with Gasteiger partial charge in [-0.3, -0.25) is 0 Å². The van der Waals surface area contributed by atoms with Crippen LogP contribution in [0.1, 0.15) is 38.2 Å². The second-order valence-electron chi connectivity index (χ2n) is 6.14. The lowest BCUT2D eigenvalue weighted by molar-refractivity contribution is -0.137. The van der Waals surface area contributed by atoms with Gasteiger partial charge in [-0.2, -0.15) is 13.2 Å². The average molecular weight is 299 g/mol. The van der Waals surface area contributed by atoms with Crippen molar-refractivity contribution in [3.05, 3.63) is 17.7 Å². The van der Waals surface area contributed by atoms with E-state index >= 15 is 0 Å². The molecule has 0 radical (unpaired) electrons. The SMILES string of the molecule is CCNc1cc(C(F)(F)F)cc(NCC2(C3CC3)CC2)n1. The van der Waals surface area contributed by atoms with Crippen LogP contribution in [-0.2, 0) is 6.18 Å². The summed E-state index contributed by atoms with van der Waals surface area (Å²) < 4.78 is 38.8. The smallest absolute Gasteiger partial charge is 0.370 e. The van der Waals surface area contributed by atoms with Crippen LogP contribution in [0.2, 0.25) is 0 Å². The molecule has 0 saturated heterocycles. The Morgan fingerprint density at radius 3 is 2.29 bits per heavy atom. The molecular weight excluding hydrogens is 279 g/mol. The maximum atomic E-state index is 12.9. The normalized spacial score (nSPS) is 20.2. The fourth-order valence-electron chi connectivity index (χ4n) is 2.91. The first kappa shape index (κ1) is 14.5. The van der Waals surface area contributed by atoms with Crippen LogP contribution >= 0.6 is 0 Å². The Morgan fingerprint density at radius 2 is 1.81 bits per heavy atom. The Hall–Kier alpha value is -1.46. The number of aromatic nitrogens is 1. The minimum atomic E-state index is -4.35. The van der Waals surface area contributed by atoms with Gasteiger partial charge in [0.15, 0.2) is 0 Å². The summed E-state index contributed by atoms with van der Waals surface area (Å²) >= 11 is 0. The van der Waals surface area contributed by atoms with E-state index in [0.717, 1.165) is 24.6 Å². The Labute approximate surface area is 122 Å². The number of halogens is 3. The predicted octanol–water partition coefficient (Wildman–Crippen LogP) is 4.13. The molecule has 0 unspecified atom stereocenters. The zero-order valence-electron chi connectivity index (χ0n) is 12.1. The number of nitrogens with zero attached hydrogens (tertiary/aromatic N) is 1. The van der Waals surface area contributed by atoms with Crippen LogP contribution in [0, 0.1) is 11.3 Å². The average Bonchev–Trinajstić information content (AvgIpc) is 3.27. The van der Waals surface area contributed by atoms with Crippen molar-refractivity contribution in [2.24, 2.45) is 11.3 Å². The zero-order valence-corrected chi connectivity index (χ0v) is 12.1. The van der Waals surface area contributed by atoms with Crippen LogP contribution in [-0.4, -0.2) is 18.1 Å². The van der Waals surface area contributed by atoms with E-state index in [2.05, 4.69) is 15.6 Å². The van der Waals surface area contributed by atoms with E-state index in [0.29, 0.717) is 17.8 Å². The van der Waals surface area contributed by atoms with Crippen LogP contribution in [0.3, 0.4) is 0 Å². The maximum absolute atomic E-state index is 12.9. The lowest BCUT2D eigenvalue weighted by atomic mass is 10.0. The molecule has 3 nitrogen and oxygen atoms in total. The van der Waals surface area contributed by atoms with E-state index in [1.807, 2.05) is 6.92 Å². The summed E-state index contributed by atoms with van der Waals surface area (Å²) in [5, 5.41) is 5.99. The van der Waals surface area contributed by atoms with E-state index in [4.69, 9.17) is 0 Å². The lowest BCUT2D eigenvalue weighted by Gasteiger charge is -2.17. The van der Waals surface area contributed by atoms with E-state index < -0.39 is 11.7 Å². The van der Waals surface area contributed by atoms with Gasteiger partial charge in [0.1, 0.15) is 11.6 Å². The molecule has 0 aliphatic heterocycles. The summed E-state index contributed by atoms with van der Waals surface area (Å²) in [6.07, 6.45) is 0.547. The molecule has 0 amide bonds. The first-order valence-corrected chi connectivity index (χ1v) is 7.50. The predicted molar refractivity (Wildman–Crippen MR) is 76.3 cm³/mol. The number of alkyl halides is 3. The van der Waals surface area contributed by atoms with Crippen molar-refractivity contribution in [3.8, 4) is 0 Å². The van der Waals surface area contributed by atoms with E-state index in [1.54, 1.807) is 0 Å². The maximum Gasteiger partial charge on any atom is 0.416 e. The highest BCUT2D eigenvalue weighted by Crippen LogP contribution is 2.61. The molecular formula is C15H20F3N3. The summed E-state index contributed by atoms with van der Waals surface area (Å²) in [5.41, 5.74) is -0.332. The molecule has 2 saturated carbocycles. The molecule has 3 rings (SSSR count). The topological polar surface area (TPSA) is 37.0 Å². The standard InChI is InChI=1S/C15H20F3N3/c1-2-19-12-7-11(15(16,17)18)8-13(21-12)20-9-14(5-6-14)10-3-4-10/h7-8,10H,2-6,9H2,1H3,(H2,19,20,21). The first-order chi connectivity index (χ1) is 9.93. The fourth-order valence-corrected chi connectivity index (χ4v) is 2.91. The minimum Gasteiger partial charge on any atom is -0.370 e. The van der Waals surface area contributed by atoms with Gasteiger partial charge in [0, 0.05) is 13.1 Å². The summed E-state index contributed by atoms with van der Waals surface area (Å²) in [7, 11) is 0. The van der Waals surface area contributed by atoms with Gasteiger partial charge in [0.05, 0.1) is 5.56 Å². The summed E-state index contributed by atoms with van der Waals surface area (Å²) in [5.74, 6) is 1.35. The number of hydrogen-bond donors (Lipinski definition) is 2. The van der Waals surface area contributed by atoms with E-state index in [9.17, 15) is 13.2 Å². The van der Waals surface area contributed by atoms with Crippen molar-refractivity contribution in [1.29, 1.82) is 0 Å². The molecule has 2 aliphatic rings. The molecule has 0 spiro atoms. The zero-order chi connectivity index (χ0) is 15.1. The second-order valence-corrected chi connectivity index (χ2v) is 6.14. The Bertz CT molecular complexity index is 519. The van der Waals surface area contributed by atoms with Gasteiger partial charge in [-0.15, -0.1) is 0 Å². The summed E-state index contributed by atoms with van der Waals surface area (Å²) in [6, 6.07) is 2.16. The van der Waals surface area contributed by atoms with E-state index in [1.165, 1.54) is 25.7 Å². The molecule has 0 atom stereocenters. The van der Waals surface area contributed by atoms with Gasteiger partial charge in [-0.1, -0.05) is 0 Å². The first-order valence-electron chi connectivity index (χ1n) is 7.50. The van der Waals surface area contributed by atoms with Gasteiger partial charge in [0.2, 0.25) is 0 Å². The van der Waals surface area contributed by atoms with Crippen LogP contribution in [0.15, 0.2) is 12.1 Å². The largest absolute Gasteiger partial charge is 0.416 e. The van der Waals surface area contributed by atoms with E-state index in [-0.39, 0.29) is 5.82 Å². The van der Waals surface area contributed by atoms with Crippen LogP contribution in [0.25, 0.3) is 0 Å². The van der Waals surface area contributed by atoms with Crippen molar-refractivity contribution in [2.45, 2.75) is 38.8 Å². The fraction of sp³-hybridized carbons (Fsp3) is 0.667. The van der Waals surface area contributed by atoms with Gasteiger partial charge < -0.3 is 10.6 Å². The number of anilines is 2. The molecule has 0 aromatic carbocycles. The Balaban J connectivity index is 1.75. The molecule has 0 bridgehead atoms. The molecule has 2 aliphatic carbocycles. The Morgan fingerprint density at radius 1 is 1.19 bits per heavy atom. The monoisotopic (exact) mass is 299 g/mol. The summed E-state index contributed by atoms with van der Waals surface area (Å²) in [4.78, 5) is 4.23. The van der Waals surface area contributed by atoms with Gasteiger partial charge in [0.25, 0.3) is 0 Å².